The normalized spacial score (nSPS) is 13.7. The van der Waals surface area contributed by atoms with Gasteiger partial charge in [0.15, 0.2) is 0 Å². The van der Waals surface area contributed by atoms with Gasteiger partial charge in [0.25, 0.3) is 0 Å². The zero-order valence-corrected chi connectivity index (χ0v) is 10.8. The van der Waals surface area contributed by atoms with Crippen molar-refractivity contribution in [1.29, 1.82) is 0 Å². The molecule has 0 rings (SSSR count). The van der Waals surface area contributed by atoms with E-state index < -0.39 is 12.2 Å². The van der Waals surface area contributed by atoms with E-state index in [4.69, 9.17) is 29.5 Å². The summed E-state index contributed by atoms with van der Waals surface area (Å²) in [6.07, 6.45) is -1.97. The largest absolute Gasteiger partial charge is 0.394 e. The number of aliphatic hydroxyl groups excluding tert-OH is 4. The van der Waals surface area contributed by atoms with Crippen LogP contribution < -0.4 is 0 Å². The van der Waals surface area contributed by atoms with Gasteiger partial charge in [-0.2, -0.15) is 0 Å². The molecule has 4 N–H and O–H groups in total. The Labute approximate surface area is 112 Å². The van der Waals surface area contributed by atoms with E-state index >= 15 is 0 Å². The number of hydrogen-bond donors (Lipinski definition) is 4. The summed E-state index contributed by atoms with van der Waals surface area (Å²) in [5, 5.41) is 35.4. The maximum atomic E-state index is 9.49. The van der Waals surface area contributed by atoms with Crippen molar-refractivity contribution in [1.82, 2.24) is 0 Å². The summed E-state index contributed by atoms with van der Waals surface area (Å²) in [6, 6.07) is 0. The molecule has 7 nitrogen and oxygen atoms in total. The van der Waals surface area contributed by atoms with Crippen LogP contribution in [0.2, 0.25) is 0 Å². The van der Waals surface area contributed by atoms with Gasteiger partial charge in [-0.25, -0.2) is 0 Å². The second-order valence-corrected chi connectivity index (χ2v) is 3.46. The lowest BCUT2D eigenvalue weighted by Gasteiger charge is -2.17. The van der Waals surface area contributed by atoms with Gasteiger partial charge in [0.2, 0.25) is 0 Å². The lowest BCUT2D eigenvalue weighted by Crippen LogP contribution is -2.32. The first-order valence-electron chi connectivity index (χ1n) is 6.02. The molecule has 0 aromatic rings. The third kappa shape index (κ3) is 10.9. The van der Waals surface area contributed by atoms with E-state index in [1.807, 2.05) is 0 Å². The van der Waals surface area contributed by atoms with Crippen LogP contribution in [0.15, 0.2) is 0 Å². The van der Waals surface area contributed by atoms with Crippen LogP contribution >= 0.6 is 0 Å². The van der Waals surface area contributed by atoms with Gasteiger partial charge >= 0.3 is 0 Å². The van der Waals surface area contributed by atoms with Crippen molar-refractivity contribution in [2.45, 2.75) is 12.2 Å². The summed E-state index contributed by atoms with van der Waals surface area (Å²) in [5.74, 6) is 4.63. The average molecular weight is 278 g/mol. The Morgan fingerprint density at radius 3 is 2.11 bits per heavy atom. The summed E-state index contributed by atoms with van der Waals surface area (Å²) in [5.41, 5.74) is 0. The molecule has 0 aromatic carbocycles. The van der Waals surface area contributed by atoms with Crippen LogP contribution in [0.1, 0.15) is 0 Å². The molecular weight excluding hydrogens is 256 g/mol. The maximum absolute atomic E-state index is 9.49. The zero-order chi connectivity index (χ0) is 14.3. The Morgan fingerprint density at radius 1 is 0.895 bits per heavy atom. The van der Waals surface area contributed by atoms with Gasteiger partial charge in [-0.05, 0) is 0 Å². The Morgan fingerprint density at radius 2 is 1.53 bits per heavy atom. The molecule has 0 fully saturated rings. The van der Waals surface area contributed by atoms with E-state index in [1.54, 1.807) is 0 Å². The second kappa shape index (κ2) is 13.7. The lowest BCUT2D eigenvalue weighted by molar-refractivity contribution is -0.0647. The first-order valence-corrected chi connectivity index (χ1v) is 6.02. The summed E-state index contributed by atoms with van der Waals surface area (Å²) < 4.78 is 15.3. The summed E-state index contributed by atoms with van der Waals surface area (Å²) >= 11 is 0. The predicted molar refractivity (Wildman–Crippen MR) is 66.4 cm³/mol. The minimum atomic E-state index is -1.15. The molecule has 2 unspecified atom stereocenters. The summed E-state index contributed by atoms with van der Waals surface area (Å²) in [7, 11) is 0. The van der Waals surface area contributed by atoms with Crippen molar-refractivity contribution < 1.29 is 34.6 Å². The quantitative estimate of drug-likeness (QED) is 0.250. The van der Waals surface area contributed by atoms with Crippen LogP contribution in [0.25, 0.3) is 0 Å². The van der Waals surface area contributed by atoms with Gasteiger partial charge in [0.1, 0.15) is 18.8 Å². The monoisotopic (exact) mass is 278 g/mol. The van der Waals surface area contributed by atoms with Gasteiger partial charge in [0, 0.05) is 0 Å². The Balaban J connectivity index is 3.56. The Kier molecular flexibility index (Phi) is 13.2. The van der Waals surface area contributed by atoms with Crippen molar-refractivity contribution in [2.75, 3.05) is 52.9 Å². The summed E-state index contributed by atoms with van der Waals surface area (Å²) in [4.78, 5) is 0. The number of hydrogen-bond acceptors (Lipinski definition) is 7. The van der Waals surface area contributed by atoms with Crippen LogP contribution in [-0.2, 0) is 14.2 Å². The predicted octanol–water partition coefficient (Wildman–Crippen LogP) is -2.25. The molecule has 0 aliphatic heterocycles. The van der Waals surface area contributed by atoms with Gasteiger partial charge < -0.3 is 34.6 Å². The van der Waals surface area contributed by atoms with Gasteiger partial charge in [-0.3, -0.25) is 0 Å². The first kappa shape index (κ1) is 18.3. The molecule has 0 radical (unpaired) electrons. The molecule has 0 bridgehead atoms. The third-order valence-corrected chi connectivity index (χ3v) is 2.03. The molecule has 112 valence electrons. The fraction of sp³-hybridized carbons (Fsp3) is 0.833. The molecule has 0 aromatic heterocycles. The standard InChI is InChI=1S/C12H22O7/c13-3-1-2-11(16)12(10-15)19-9-8-18-7-6-17-5-4-14/h11-16H,3-10H2. The number of rotatable bonds is 11. The Hall–Kier alpha value is -0.720. The van der Waals surface area contributed by atoms with E-state index in [2.05, 4.69) is 11.8 Å². The van der Waals surface area contributed by atoms with Crippen LogP contribution in [0.5, 0.6) is 0 Å². The van der Waals surface area contributed by atoms with Crippen LogP contribution in [-0.4, -0.2) is 85.5 Å². The van der Waals surface area contributed by atoms with Crippen LogP contribution in [0.3, 0.4) is 0 Å². The zero-order valence-electron chi connectivity index (χ0n) is 10.8. The third-order valence-electron chi connectivity index (χ3n) is 2.03. The highest BCUT2D eigenvalue weighted by molar-refractivity contribution is 5.06. The minimum Gasteiger partial charge on any atom is -0.394 e. The molecule has 7 heteroatoms. The van der Waals surface area contributed by atoms with E-state index in [1.165, 1.54) is 0 Å². The lowest BCUT2D eigenvalue weighted by atomic mass is 10.2. The molecule has 0 aliphatic carbocycles. The molecule has 0 saturated heterocycles. The minimum absolute atomic E-state index is 0.0198. The topological polar surface area (TPSA) is 109 Å². The summed E-state index contributed by atoms with van der Waals surface area (Å²) in [6.45, 7) is 0.778. The van der Waals surface area contributed by atoms with Crippen LogP contribution in [0.4, 0.5) is 0 Å². The highest BCUT2D eigenvalue weighted by atomic mass is 16.6. The number of ether oxygens (including phenoxy) is 3. The van der Waals surface area contributed by atoms with E-state index in [9.17, 15) is 5.11 Å². The molecule has 0 aliphatic rings. The molecule has 0 amide bonds. The molecule has 19 heavy (non-hydrogen) atoms. The highest BCUT2D eigenvalue weighted by Crippen LogP contribution is 1.98. The fourth-order valence-corrected chi connectivity index (χ4v) is 1.13. The average Bonchev–Trinajstić information content (AvgIpc) is 2.43. The fourth-order valence-electron chi connectivity index (χ4n) is 1.13. The van der Waals surface area contributed by atoms with Crippen molar-refractivity contribution in [3.05, 3.63) is 0 Å². The van der Waals surface area contributed by atoms with Gasteiger partial charge in [-0.1, -0.05) is 11.8 Å². The molecule has 0 saturated carbocycles. The molecular formula is C12H22O7. The van der Waals surface area contributed by atoms with Gasteiger partial charge in [0.05, 0.1) is 46.2 Å². The molecule has 2 atom stereocenters. The van der Waals surface area contributed by atoms with Crippen molar-refractivity contribution in [2.24, 2.45) is 0 Å². The van der Waals surface area contributed by atoms with Crippen molar-refractivity contribution in [3.63, 3.8) is 0 Å². The molecule has 0 spiro atoms. The number of aliphatic hydroxyl groups is 4. The first-order chi connectivity index (χ1) is 9.26. The molecule has 0 heterocycles. The second-order valence-electron chi connectivity index (χ2n) is 3.46. The van der Waals surface area contributed by atoms with E-state index in [0.717, 1.165) is 0 Å². The van der Waals surface area contributed by atoms with E-state index in [-0.39, 0.29) is 33.0 Å². The van der Waals surface area contributed by atoms with Crippen molar-refractivity contribution in [3.8, 4) is 11.8 Å². The van der Waals surface area contributed by atoms with Crippen LogP contribution in [0, 0.1) is 11.8 Å². The smallest absolute Gasteiger partial charge is 0.143 e. The maximum Gasteiger partial charge on any atom is 0.143 e. The SMILES string of the molecule is OCC#CC(O)C(CO)OCCOCCOCCO. The Bertz CT molecular complexity index is 248. The van der Waals surface area contributed by atoms with E-state index in [0.29, 0.717) is 19.8 Å². The van der Waals surface area contributed by atoms with Crippen molar-refractivity contribution >= 4 is 0 Å². The highest BCUT2D eigenvalue weighted by Gasteiger charge is 2.16. The van der Waals surface area contributed by atoms with Gasteiger partial charge in [-0.15, -0.1) is 0 Å².